The van der Waals surface area contributed by atoms with Crippen LogP contribution in [0.25, 0.3) is 0 Å². The summed E-state index contributed by atoms with van der Waals surface area (Å²) in [7, 11) is 0. The van der Waals surface area contributed by atoms with Crippen molar-refractivity contribution >= 4 is 39.4 Å². The second kappa shape index (κ2) is 7.16. The highest BCUT2D eigenvalue weighted by atomic mass is 79.9. The van der Waals surface area contributed by atoms with Crippen molar-refractivity contribution < 1.29 is 10.2 Å². The first-order valence-electron chi connectivity index (χ1n) is 6.97. The van der Waals surface area contributed by atoms with Crippen LogP contribution in [0.15, 0.2) is 39.8 Å². The van der Waals surface area contributed by atoms with Crippen LogP contribution in [0.4, 0.5) is 5.69 Å². The molecule has 0 radical (unpaired) electrons. The summed E-state index contributed by atoms with van der Waals surface area (Å²) < 4.78 is 0.499. The lowest BCUT2D eigenvalue weighted by Gasteiger charge is -2.10. The molecule has 0 aliphatic rings. The number of rotatable bonds is 4. The topological polar surface area (TPSA) is 52.8 Å². The van der Waals surface area contributed by atoms with Crippen LogP contribution in [-0.4, -0.2) is 16.4 Å². The van der Waals surface area contributed by atoms with Gasteiger partial charge >= 0.3 is 0 Å². The number of phenolic OH excluding ortho intramolecular Hbond substituents is 2. The molecule has 0 unspecified atom stereocenters. The lowest BCUT2D eigenvalue weighted by Crippen LogP contribution is -1.90. The highest BCUT2D eigenvalue weighted by molar-refractivity contribution is 9.10. The third-order valence-corrected chi connectivity index (χ3v) is 4.40. The Labute approximate surface area is 143 Å². The zero-order valence-corrected chi connectivity index (χ0v) is 14.7. The van der Waals surface area contributed by atoms with Gasteiger partial charge in [0.2, 0.25) is 0 Å². The number of benzene rings is 2. The SMILES string of the molecule is CC[C@H](C)c1ccc(O)c(N=Cc2cc(Cl)cc(Br)c2O)c1. The molecular formula is C17H17BrClNO2. The van der Waals surface area contributed by atoms with Crippen LogP contribution in [0.5, 0.6) is 11.5 Å². The van der Waals surface area contributed by atoms with Gasteiger partial charge in [0.25, 0.3) is 0 Å². The van der Waals surface area contributed by atoms with Gasteiger partial charge in [0.15, 0.2) is 0 Å². The number of phenols is 2. The van der Waals surface area contributed by atoms with Crippen LogP contribution in [0.2, 0.25) is 5.02 Å². The Morgan fingerprint density at radius 1 is 1.27 bits per heavy atom. The maximum absolute atomic E-state index is 9.99. The van der Waals surface area contributed by atoms with Gasteiger partial charge in [-0.3, -0.25) is 4.99 Å². The van der Waals surface area contributed by atoms with Crippen LogP contribution >= 0.6 is 27.5 Å². The average Bonchev–Trinajstić information content (AvgIpc) is 2.50. The first-order chi connectivity index (χ1) is 10.4. The fraction of sp³-hybridized carbons (Fsp3) is 0.235. The summed E-state index contributed by atoms with van der Waals surface area (Å²) in [5, 5.41) is 20.4. The molecule has 2 rings (SSSR count). The van der Waals surface area contributed by atoms with Crippen LogP contribution in [0, 0.1) is 0 Å². The second-order valence-corrected chi connectivity index (χ2v) is 6.43. The van der Waals surface area contributed by atoms with Crippen molar-refractivity contribution in [1.29, 1.82) is 0 Å². The van der Waals surface area contributed by atoms with Gasteiger partial charge < -0.3 is 10.2 Å². The molecule has 3 nitrogen and oxygen atoms in total. The number of hydrogen-bond acceptors (Lipinski definition) is 3. The summed E-state index contributed by atoms with van der Waals surface area (Å²) in [6.07, 6.45) is 2.50. The molecule has 0 bridgehead atoms. The highest BCUT2D eigenvalue weighted by Crippen LogP contribution is 2.33. The van der Waals surface area contributed by atoms with Crippen molar-refractivity contribution in [3.8, 4) is 11.5 Å². The van der Waals surface area contributed by atoms with Crippen LogP contribution in [0.1, 0.15) is 37.3 Å². The van der Waals surface area contributed by atoms with Gasteiger partial charge in [0, 0.05) is 16.8 Å². The van der Waals surface area contributed by atoms with Crippen molar-refractivity contribution in [2.45, 2.75) is 26.2 Å². The van der Waals surface area contributed by atoms with Crippen LogP contribution < -0.4 is 0 Å². The number of halogens is 2. The van der Waals surface area contributed by atoms with Crippen LogP contribution in [-0.2, 0) is 0 Å². The molecule has 0 saturated carbocycles. The number of aliphatic imine (C=N–C) groups is 1. The average molecular weight is 383 g/mol. The molecular weight excluding hydrogens is 366 g/mol. The molecule has 0 heterocycles. The lowest BCUT2D eigenvalue weighted by atomic mass is 9.98. The molecule has 2 aromatic rings. The molecule has 0 amide bonds. The molecule has 2 N–H and O–H groups in total. The summed E-state index contributed by atoms with van der Waals surface area (Å²) in [4.78, 5) is 4.28. The van der Waals surface area contributed by atoms with Crippen molar-refractivity contribution in [1.82, 2.24) is 0 Å². The van der Waals surface area contributed by atoms with Gasteiger partial charge in [-0.15, -0.1) is 0 Å². The number of hydrogen-bond donors (Lipinski definition) is 2. The van der Waals surface area contributed by atoms with Gasteiger partial charge in [-0.2, -0.15) is 0 Å². The minimum atomic E-state index is 0.0609. The van der Waals surface area contributed by atoms with E-state index in [9.17, 15) is 10.2 Å². The molecule has 0 saturated heterocycles. The first kappa shape index (κ1) is 16.8. The predicted molar refractivity (Wildman–Crippen MR) is 94.9 cm³/mol. The van der Waals surface area contributed by atoms with Gasteiger partial charge in [0.1, 0.15) is 17.2 Å². The minimum absolute atomic E-state index is 0.0609. The molecule has 2 aromatic carbocycles. The Bertz CT molecular complexity index is 716. The lowest BCUT2D eigenvalue weighted by molar-refractivity contribution is 0.471. The predicted octanol–water partition coefficient (Wildman–Crippen LogP) is 5.78. The van der Waals surface area contributed by atoms with E-state index in [2.05, 4.69) is 34.8 Å². The Morgan fingerprint density at radius 2 is 2.00 bits per heavy atom. The summed E-state index contributed by atoms with van der Waals surface area (Å²) in [5.74, 6) is 0.554. The van der Waals surface area contributed by atoms with Crippen molar-refractivity contribution in [2.75, 3.05) is 0 Å². The highest BCUT2D eigenvalue weighted by Gasteiger charge is 2.08. The molecule has 0 aliphatic carbocycles. The molecule has 116 valence electrons. The zero-order valence-electron chi connectivity index (χ0n) is 12.3. The third kappa shape index (κ3) is 3.81. The molecule has 0 aromatic heterocycles. The maximum atomic E-state index is 9.99. The van der Waals surface area contributed by atoms with E-state index < -0.39 is 0 Å². The smallest absolute Gasteiger partial charge is 0.141 e. The largest absolute Gasteiger partial charge is 0.506 e. The van der Waals surface area contributed by atoms with Gasteiger partial charge in [-0.05, 0) is 58.1 Å². The van der Waals surface area contributed by atoms with E-state index in [0.29, 0.717) is 26.7 Å². The van der Waals surface area contributed by atoms with Crippen LogP contribution in [0.3, 0.4) is 0 Å². The molecule has 5 heteroatoms. The molecule has 0 fully saturated rings. The quantitative estimate of drug-likeness (QED) is 0.659. The zero-order chi connectivity index (χ0) is 16.3. The van der Waals surface area contributed by atoms with E-state index in [1.807, 2.05) is 12.1 Å². The second-order valence-electron chi connectivity index (χ2n) is 5.14. The Morgan fingerprint density at radius 3 is 2.68 bits per heavy atom. The van der Waals surface area contributed by atoms with Gasteiger partial charge in [-0.25, -0.2) is 0 Å². The summed E-state index contributed by atoms with van der Waals surface area (Å²) >= 11 is 9.20. The Balaban J connectivity index is 2.38. The monoisotopic (exact) mass is 381 g/mol. The van der Waals surface area contributed by atoms with Crippen molar-refractivity contribution in [3.05, 3.63) is 51.0 Å². The number of nitrogens with zero attached hydrogens (tertiary/aromatic N) is 1. The van der Waals surface area contributed by atoms with Crippen molar-refractivity contribution in [3.63, 3.8) is 0 Å². The normalized spacial score (nSPS) is 12.7. The Hall–Kier alpha value is -1.52. The Kier molecular flexibility index (Phi) is 5.48. The van der Waals surface area contributed by atoms with E-state index in [1.54, 1.807) is 18.2 Å². The van der Waals surface area contributed by atoms with E-state index >= 15 is 0 Å². The van der Waals surface area contributed by atoms with Crippen molar-refractivity contribution in [2.24, 2.45) is 4.99 Å². The van der Waals surface area contributed by atoms with E-state index in [1.165, 1.54) is 6.21 Å². The van der Waals surface area contributed by atoms with E-state index in [-0.39, 0.29) is 11.5 Å². The third-order valence-electron chi connectivity index (χ3n) is 3.58. The standard InChI is InChI=1S/C17H17BrClNO2/c1-3-10(2)11-4-5-16(21)15(7-11)20-9-12-6-13(19)8-14(18)17(12)22/h4-10,21-22H,3H2,1-2H3/t10-/m0/s1. The van der Waals surface area contributed by atoms with E-state index in [0.717, 1.165) is 12.0 Å². The molecule has 1 atom stereocenters. The number of aromatic hydroxyl groups is 2. The van der Waals surface area contributed by atoms with Gasteiger partial charge in [-0.1, -0.05) is 31.5 Å². The summed E-state index contributed by atoms with van der Waals surface area (Å²) in [6, 6.07) is 8.62. The maximum Gasteiger partial charge on any atom is 0.141 e. The minimum Gasteiger partial charge on any atom is -0.506 e. The first-order valence-corrected chi connectivity index (χ1v) is 8.14. The summed E-state index contributed by atoms with van der Waals surface area (Å²) in [6.45, 7) is 4.24. The molecule has 0 spiro atoms. The molecule has 22 heavy (non-hydrogen) atoms. The van der Waals surface area contributed by atoms with Gasteiger partial charge in [0.05, 0.1) is 4.47 Å². The fourth-order valence-corrected chi connectivity index (χ4v) is 2.84. The summed E-state index contributed by atoms with van der Waals surface area (Å²) in [5.41, 5.74) is 2.06. The fourth-order valence-electron chi connectivity index (χ4n) is 2.01. The van der Waals surface area contributed by atoms with E-state index in [4.69, 9.17) is 11.6 Å². The molecule has 0 aliphatic heterocycles.